The fourth-order valence-electron chi connectivity index (χ4n) is 3.94. The van der Waals surface area contributed by atoms with Crippen molar-refractivity contribution in [1.82, 2.24) is 9.80 Å². The summed E-state index contributed by atoms with van der Waals surface area (Å²) in [6, 6.07) is 7.05. The lowest BCUT2D eigenvalue weighted by atomic mass is 9.92. The van der Waals surface area contributed by atoms with Crippen molar-refractivity contribution in [1.29, 1.82) is 0 Å². The summed E-state index contributed by atoms with van der Waals surface area (Å²) in [6.07, 6.45) is 7.36. The van der Waals surface area contributed by atoms with Crippen LogP contribution in [0.1, 0.15) is 51.9 Å². The lowest BCUT2D eigenvalue weighted by Gasteiger charge is -2.34. The maximum absolute atomic E-state index is 12.4. The third kappa shape index (κ3) is 9.77. The molecule has 6 nitrogen and oxygen atoms in total. The number of carbonyl (C=O) groups is 1. The molecule has 0 spiro atoms. The van der Waals surface area contributed by atoms with E-state index in [1.165, 1.54) is 12.8 Å². The molecule has 1 fully saturated rings. The molecule has 0 aromatic heterocycles. The standard InChI is InChI=1S/C24H39ClN2O4/c1-4-27(17-19-29-3)16-6-5-7-18-30-22-14-10-21(11-15-22)26(2)24(28)31-23-12-8-20(25)9-13-23/h8-9,12-13,21-22H,4-7,10-11,14-19H2,1-3H3/t21-,22-. The Morgan fingerprint density at radius 2 is 1.74 bits per heavy atom. The summed E-state index contributed by atoms with van der Waals surface area (Å²) in [6.45, 7) is 7.04. The molecular weight excluding hydrogens is 416 g/mol. The van der Waals surface area contributed by atoms with E-state index in [1.54, 1.807) is 36.3 Å². The first-order chi connectivity index (χ1) is 15.0. The van der Waals surface area contributed by atoms with Crippen molar-refractivity contribution in [2.24, 2.45) is 0 Å². The number of hydrogen-bond donors (Lipinski definition) is 0. The first kappa shape index (κ1) is 25.9. The van der Waals surface area contributed by atoms with Crippen molar-refractivity contribution in [2.75, 3.05) is 47.0 Å². The summed E-state index contributed by atoms with van der Waals surface area (Å²) in [7, 11) is 3.57. The smallest absolute Gasteiger partial charge is 0.410 e. The minimum absolute atomic E-state index is 0.201. The SMILES string of the molecule is CCN(CCCCCO[C@H]1CC[C@H](N(C)C(=O)Oc2ccc(Cl)cc2)CC1)CCOC. The molecule has 0 unspecified atom stereocenters. The van der Waals surface area contributed by atoms with Gasteiger partial charge in [0.15, 0.2) is 0 Å². The number of likely N-dealkylation sites (N-methyl/N-ethyl adjacent to an activating group) is 1. The predicted octanol–water partition coefficient (Wildman–Crippen LogP) is 5.24. The zero-order valence-electron chi connectivity index (χ0n) is 19.4. The lowest BCUT2D eigenvalue weighted by molar-refractivity contribution is 0.0103. The number of hydrogen-bond acceptors (Lipinski definition) is 5. The molecule has 2 rings (SSSR count). The summed E-state index contributed by atoms with van der Waals surface area (Å²) < 4.78 is 16.7. The van der Waals surface area contributed by atoms with Gasteiger partial charge < -0.3 is 24.0 Å². The first-order valence-electron chi connectivity index (χ1n) is 11.6. The zero-order valence-corrected chi connectivity index (χ0v) is 20.1. The van der Waals surface area contributed by atoms with Crippen LogP contribution in [0.3, 0.4) is 0 Å². The Hall–Kier alpha value is -1.34. The molecule has 1 aliphatic rings. The summed E-state index contributed by atoms with van der Waals surface area (Å²) in [5, 5.41) is 0.622. The maximum Gasteiger partial charge on any atom is 0.415 e. The topological polar surface area (TPSA) is 51.2 Å². The number of amides is 1. The van der Waals surface area contributed by atoms with E-state index in [-0.39, 0.29) is 12.1 Å². The Bertz CT molecular complexity index is 621. The van der Waals surface area contributed by atoms with Crippen LogP contribution in [0.15, 0.2) is 24.3 Å². The van der Waals surface area contributed by atoms with Gasteiger partial charge in [0.25, 0.3) is 0 Å². The van der Waals surface area contributed by atoms with Crippen LogP contribution in [0.4, 0.5) is 4.79 Å². The van der Waals surface area contributed by atoms with Crippen molar-refractivity contribution < 1.29 is 19.0 Å². The van der Waals surface area contributed by atoms with Gasteiger partial charge in [0.1, 0.15) is 5.75 Å². The molecule has 7 heteroatoms. The van der Waals surface area contributed by atoms with Gasteiger partial charge in [-0.25, -0.2) is 4.79 Å². The highest BCUT2D eigenvalue weighted by atomic mass is 35.5. The van der Waals surface area contributed by atoms with Crippen LogP contribution < -0.4 is 4.74 Å². The third-order valence-electron chi connectivity index (χ3n) is 6.03. The highest BCUT2D eigenvalue weighted by Gasteiger charge is 2.27. The third-order valence-corrected chi connectivity index (χ3v) is 6.28. The number of unbranched alkanes of at least 4 members (excludes halogenated alkanes) is 2. The van der Waals surface area contributed by atoms with Gasteiger partial charge in [-0.2, -0.15) is 0 Å². The quantitative estimate of drug-likeness (QED) is 0.381. The van der Waals surface area contributed by atoms with Crippen molar-refractivity contribution in [3.05, 3.63) is 29.3 Å². The average Bonchev–Trinajstić information content (AvgIpc) is 2.79. The van der Waals surface area contributed by atoms with E-state index in [1.807, 2.05) is 7.05 Å². The Morgan fingerprint density at radius 1 is 1.03 bits per heavy atom. The van der Waals surface area contributed by atoms with E-state index in [0.717, 1.165) is 65.0 Å². The molecule has 1 aromatic rings. The number of benzene rings is 1. The molecule has 1 saturated carbocycles. The Morgan fingerprint density at radius 3 is 2.39 bits per heavy atom. The average molecular weight is 455 g/mol. The van der Waals surface area contributed by atoms with Crippen molar-refractivity contribution in [2.45, 2.75) is 64.0 Å². The second kappa shape index (κ2) is 14.7. The van der Waals surface area contributed by atoms with Crippen molar-refractivity contribution >= 4 is 17.7 Å². The Labute approximate surface area is 192 Å². The molecule has 0 saturated heterocycles. The number of nitrogens with zero attached hydrogens (tertiary/aromatic N) is 2. The minimum atomic E-state index is -0.321. The first-order valence-corrected chi connectivity index (χ1v) is 11.9. The summed E-state index contributed by atoms with van der Waals surface area (Å²) >= 11 is 5.87. The highest BCUT2D eigenvalue weighted by Crippen LogP contribution is 2.26. The molecule has 31 heavy (non-hydrogen) atoms. The molecule has 1 amide bonds. The summed E-state index contributed by atoms with van der Waals surface area (Å²) in [5.74, 6) is 0.513. The van der Waals surface area contributed by atoms with E-state index < -0.39 is 0 Å². The van der Waals surface area contributed by atoms with E-state index >= 15 is 0 Å². The number of halogens is 1. The van der Waals surface area contributed by atoms with Crippen LogP contribution in [0, 0.1) is 0 Å². The molecular formula is C24H39ClN2O4. The zero-order chi connectivity index (χ0) is 22.5. The van der Waals surface area contributed by atoms with Crippen LogP contribution in [0.25, 0.3) is 0 Å². The van der Waals surface area contributed by atoms with Crippen LogP contribution in [0.5, 0.6) is 5.75 Å². The Kier molecular flexibility index (Phi) is 12.3. The van der Waals surface area contributed by atoms with E-state index in [4.69, 9.17) is 25.8 Å². The van der Waals surface area contributed by atoms with Gasteiger partial charge in [-0.3, -0.25) is 0 Å². The summed E-state index contributed by atoms with van der Waals surface area (Å²) in [4.78, 5) is 16.6. The summed E-state index contributed by atoms with van der Waals surface area (Å²) in [5.41, 5.74) is 0. The van der Waals surface area contributed by atoms with Crippen LogP contribution in [0.2, 0.25) is 5.02 Å². The maximum atomic E-state index is 12.4. The van der Waals surface area contributed by atoms with Crippen molar-refractivity contribution in [3.63, 3.8) is 0 Å². The second-order valence-corrected chi connectivity index (χ2v) is 8.66. The number of ether oxygens (including phenoxy) is 3. The van der Waals surface area contributed by atoms with Gasteiger partial charge in [-0.05, 0) is 82.3 Å². The van der Waals surface area contributed by atoms with Crippen molar-refractivity contribution in [3.8, 4) is 5.75 Å². The molecule has 1 aliphatic carbocycles. The number of methoxy groups -OCH3 is 1. The van der Waals surface area contributed by atoms with Gasteiger partial charge >= 0.3 is 6.09 Å². The van der Waals surface area contributed by atoms with Gasteiger partial charge in [-0.15, -0.1) is 0 Å². The molecule has 0 heterocycles. The van der Waals surface area contributed by atoms with E-state index in [2.05, 4.69) is 11.8 Å². The molecule has 0 N–H and O–H groups in total. The molecule has 0 aliphatic heterocycles. The second-order valence-electron chi connectivity index (χ2n) is 8.22. The van der Waals surface area contributed by atoms with E-state index in [0.29, 0.717) is 16.9 Å². The molecule has 0 radical (unpaired) electrons. The molecule has 0 bridgehead atoms. The monoisotopic (exact) mass is 454 g/mol. The van der Waals surface area contributed by atoms with Gasteiger partial charge in [0.2, 0.25) is 0 Å². The highest BCUT2D eigenvalue weighted by molar-refractivity contribution is 6.30. The fourth-order valence-corrected chi connectivity index (χ4v) is 4.06. The van der Waals surface area contributed by atoms with Crippen LogP contribution in [-0.2, 0) is 9.47 Å². The molecule has 176 valence electrons. The van der Waals surface area contributed by atoms with Gasteiger partial charge in [0, 0.05) is 38.4 Å². The fraction of sp³-hybridized carbons (Fsp3) is 0.708. The van der Waals surface area contributed by atoms with Crippen LogP contribution in [-0.4, -0.2) is 75.0 Å². The van der Waals surface area contributed by atoms with Crippen LogP contribution >= 0.6 is 11.6 Å². The largest absolute Gasteiger partial charge is 0.415 e. The number of rotatable bonds is 13. The normalized spacial score (nSPS) is 18.9. The molecule has 0 atom stereocenters. The van der Waals surface area contributed by atoms with Gasteiger partial charge in [-0.1, -0.05) is 18.5 Å². The Balaban J connectivity index is 1.56. The molecule has 1 aromatic carbocycles. The van der Waals surface area contributed by atoms with Gasteiger partial charge in [0.05, 0.1) is 12.7 Å². The minimum Gasteiger partial charge on any atom is -0.410 e. The predicted molar refractivity (Wildman–Crippen MR) is 125 cm³/mol. The van der Waals surface area contributed by atoms with E-state index in [9.17, 15) is 4.79 Å². The lowest BCUT2D eigenvalue weighted by Crippen LogP contribution is -2.42. The number of carbonyl (C=O) groups excluding carboxylic acids is 1.